The fourth-order valence-corrected chi connectivity index (χ4v) is 2.53. The number of hydrogen-bond acceptors (Lipinski definition) is 4. The monoisotopic (exact) mass is 362 g/mol. The van der Waals surface area contributed by atoms with Gasteiger partial charge in [-0.05, 0) is 44.5 Å². The van der Waals surface area contributed by atoms with Gasteiger partial charge in [0.1, 0.15) is 5.69 Å². The van der Waals surface area contributed by atoms with Crippen LogP contribution in [0.1, 0.15) is 23.3 Å². The molecule has 0 radical (unpaired) electrons. The first kappa shape index (κ1) is 21.6. The molecule has 0 bridgehead atoms. The van der Waals surface area contributed by atoms with E-state index < -0.39 is 0 Å². The number of nitrogens with zero attached hydrogens (tertiary/aromatic N) is 2. The van der Waals surface area contributed by atoms with Crippen LogP contribution in [0.2, 0.25) is 0 Å². The van der Waals surface area contributed by atoms with Crippen molar-refractivity contribution < 1.29 is 9.59 Å². The highest BCUT2D eigenvalue weighted by Crippen LogP contribution is 2.16. The van der Waals surface area contributed by atoms with E-state index in [2.05, 4.69) is 15.6 Å². The molecule has 1 aromatic rings. The van der Waals surface area contributed by atoms with Crippen LogP contribution in [0.3, 0.4) is 0 Å². The first-order chi connectivity index (χ1) is 10.2. The van der Waals surface area contributed by atoms with Crippen molar-refractivity contribution in [2.75, 3.05) is 33.2 Å². The van der Waals surface area contributed by atoms with Crippen LogP contribution >= 0.6 is 24.8 Å². The first-order valence-corrected chi connectivity index (χ1v) is 7.32. The maximum Gasteiger partial charge on any atom is 0.270 e. The van der Waals surface area contributed by atoms with Crippen LogP contribution in [0.4, 0.5) is 0 Å². The van der Waals surface area contributed by atoms with Crippen LogP contribution in [-0.4, -0.2) is 54.9 Å². The van der Waals surface area contributed by atoms with Crippen molar-refractivity contribution in [1.29, 1.82) is 0 Å². The van der Waals surface area contributed by atoms with Crippen LogP contribution in [0.15, 0.2) is 24.4 Å². The van der Waals surface area contributed by atoms with Crippen molar-refractivity contribution in [3.8, 4) is 0 Å². The predicted molar refractivity (Wildman–Crippen MR) is 94.3 cm³/mol. The molecule has 1 saturated heterocycles. The molecular weight excluding hydrogens is 339 g/mol. The number of rotatable bonds is 5. The van der Waals surface area contributed by atoms with Gasteiger partial charge >= 0.3 is 0 Å². The highest BCUT2D eigenvalue weighted by atomic mass is 35.5. The van der Waals surface area contributed by atoms with E-state index in [0.29, 0.717) is 11.6 Å². The van der Waals surface area contributed by atoms with Crippen LogP contribution in [0.25, 0.3) is 0 Å². The van der Waals surface area contributed by atoms with Gasteiger partial charge in [0, 0.05) is 19.3 Å². The van der Waals surface area contributed by atoms with Gasteiger partial charge in [0.05, 0.1) is 6.54 Å². The summed E-state index contributed by atoms with van der Waals surface area (Å²) in [5.74, 6) is 0.304. The molecule has 0 spiro atoms. The normalized spacial score (nSPS) is 14.4. The SMILES string of the molecule is CNCC1CCN(C(=O)CNC(=O)c2ccccn2)CC1.Cl.Cl. The van der Waals surface area contributed by atoms with Gasteiger partial charge in [0.2, 0.25) is 5.91 Å². The largest absolute Gasteiger partial charge is 0.342 e. The molecule has 2 N–H and O–H groups in total. The number of carbonyl (C=O) groups excluding carboxylic acids is 2. The molecule has 1 aromatic heterocycles. The van der Waals surface area contributed by atoms with Crippen LogP contribution in [-0.2, 0) is 4.79 Å². The zero-order chi connectivity index (χ0) is 15.1. The Labute approximate surface area is 149 Å². The number of piperidine rings is 1. The molecule has 0 unspecified atom stereocenters. The Morgan fingerprint density at radius 2 is 1.96 bits per heavy atom. The Hall–Kier alpha value is -1.37. The van der Waals surface area contributed by atoms with Gasteiger partial charge in [-0.2, -0.15) is 0 Å². The molecule has 0 aromatic carbocycles. The van der Waals surface area contributed by atoms with E-state index >= 15 is 0 Å². The molecule has 2 rings (SSSR count). The van der Waals surface area contributed by atoms with Gasteiger partial charge in [-0.15, -0.1) is 24.8 Å². The van der Waals surface area contributed by atoms with Gasteiger partial charge in [0.25, 0.3) is 5.91 Å². The zero-order valence-electron chi connectivity index (χ0n) is 13.2. The molecule has 0 saturated carbocycles. The number of halogens is 2. The summed E-state index contributed by atoms with van der Waals surface area (Å²) in [5, 5.41) is 5.80. The predicted octanol–water partition coefficient (Wildman–Crippen LogP) is 1.11. The van der Waals surface area contributed by atoms with E-state index in [1.807, 2.05) is 11.9 Å². The Balaban J connectivity index is 0.00000242. The third-order valence-corrected chi connectivity index (χ3v) is 3.76. The molecule has 6 nitrogen and oxygen atoms in total. The molecule has 23 heavy (non-hydrogen) atoms. The van der Waals surface area contributed by atoms with Crippen molar-refractivity contribution in [2.24, 2.45) is 5.92 Å². The lowest BCUT2D eigenvalue weighted by atomic mass is 9.97. The molecule has 1 fully saturated rings. The van der Waals surface area contributed by atoms with E-state index in [9.17, 15) is 9.59 Å². The van der Waals surface area contributed by atoms with Crippen molar-refractivity contribution >= 4 is 36.6 Å². The number of hydrogen-bond donors (Lipinski definition) is 2. The highest BCUT2D eigenvalue weighted by Gasteiger charge is 2.22. The minimum absolute atomic E-state index is 0. The number of likely N-dealkylation sites (tertiary alicyclic amines) is 1. The lowest BCUT2D eigenvalue weighted by Crippen LogP contribution is -2.45. The summed E-state index contributed by atoms with van der Waals surface area (Å²) in [5.41, 5.74) is 0.332. The fourth-order valence-electron chi connectivity index (χ4n) is 2.53. The number of pyridine rings is 1. The Morgan fingerprint density at radius 1 is 1.26 bits per heavy atom. The van der Waals surface area contributed by atoms with Crippen molar-refractivity contribution in [1.82, 2.24) is 20.5 Å². The van der Waals surface area contributed by atoms with Crippen molar-refractivity contribution in [3.63, 3.8) is 0 Å². The smallest absolute Gasteiger partial charge is 0.270 e. The highest BCUT2D eigenvalue weighted by molar-refractivity contribution is 5.94. The Morgan fingerprint density at radius 3 is 2.52 bits per heavy atom. The molecule has 1 aliphatic rings. The summed E-state index contributed by atoms with van der Waals surface area (Å²) in [4.78, 5) is 29.7. The van der Waals surface area contributed by atoms with E-state index in [4.69, 9.17) is 0 Å². The van der Waals surface area contributed by atoms with Crippen molar-refractivity contribution in [3.05, 3.63) is 30.1 Å². The Bertz CT molecular complexity index is 480. The van der Waals surface area contributed by atoms with Crippen LogP contribution < -0.4 is 10.6 Å². The van der Waals surface area contributed by atoms with E-state index in [0.717, 1.165) is 32.5 Å². The molecular formula is C15H24Cl2N4O2. The van der Waals surface area contributed by atoms with Gasteiger partial charge in [-0.25, -0.2) is 0 Å². The molecule has 2 heterocycles. The quantitative estimate of drug-likeness (QED) is 0.822. The van der Waals surface area contributed by atoms with Gasteiger partial charge in [0.15, 0.2) is 0 Å². The molecule has 8 heteroatoms. The lowest BCUT2D eigenvalue weighted by Gasteiger charge is -2.32. The zero-order valence-corrected chi connectivity index (χ0v) is 14.8. The summed E-state index contributed by atoms with van der Waals surface area (Å²) < 4.78 is 0. The molecule has 130 valence electrons. The third-order valence-electron chi connectivity index (χ3n) is 3.76. The minimum atomic E-state index is -0.311. The summed E-state index contributed by atoms with van der Waals surface area (Å²) in [6.07, 6.45) is 3.59. The maximum absolute atomic E-state index is 12.1. The molecule has 1 aliphatic heterocycles. The van der Waals surface area contributed by atoms with E-state index in [1.165, 1.54) is 0 Å². The molecule has 2 amide bonds. The first-order valence-electron chi connectivity index (χ1n) is 7.32. The Kier molecular flexibility index (Phi) is 10.5. The van der Waals surface area contributed by atoms with Crippen LogP contribution in [0.5, 0.6) is 0 Å². The second-order valence-electron chi connectivity index (χ2n) is 5.28. The summed E-state index contributed by atoms with van der Waals surface area (Å²) in [6.45, 7) is 2.57. The third kappa shape index (κ3) is 6.72. The van der Waals surface area contributed by atoms with Gasteiger partial charge in [-0.3, -0.25) is 14.6 Å². The average molecular weight is 363 g/mol. The number of carbonyl (C=O) groups is 2. The summed E-state index contributed by atoms with van der Waals surface area (Å²) >= 11 is 0. The van der Waals surface area contributed by atoms with Crippen LogP contribution in [0, 0.1) is 5.92 Å². The second-order valence-corrected chi connectivity index (χ2v) is 5.28. The van der Waals surface area contributed by atoms with E-state index in [-0.39, 0.29) is 43.2 Å². The fraction of sp³-hybridized carbons (Fsp3) is 0.533. The van der Waals surface area contributed by atoms with Gasteiger partial charge in [-0.1, -0.05) is 6.07 Å². The summed E-state index contributed by atoms with van der Waals surface area (Å²) in [6, 6.07) is 5.12. The average Bonchev–Trinajstić information content (AvgIpc) is 2.54. The number of amides is 2. The maximum atomic E-state index is 12.1. The molecule has 0 atom stereocenters. The van der Waals surface area contributed by atoms with Gasteiger partial charge < -0.3 is 15.5 Å². The minimum Gasteiger partial charge on any atom is -0.342 e. The van der Waals surface area contributed by atoms with Crippen molar-refractivity contribution in [2.45, 2.75) is 12.8 Å². The molecule has 0 aliphatic carbocycles. The number of nitrogens with one attached hydrogen (secondary N) is 2. The van der Waals surface area contributed by atoms with E-state index in [1.54, 1.807) is 24.4 Å². The second kappa shape index (κ2) is 11.2. The standard InChI is InChI=1S/C15H22N4O2.2ClH/c1-16-10-12-5-8-19(9-6-12)14(20)11-18-15(21)13-4-2-3-7-17-13;;/h2-4,7,12,16H,5-6,8-11H2,1H3,(H,18,21);2*1H. The number of aromatic nitrogens is 1. The lowest BCUT2D eigenvalue weighted by molar-refractivity contribution is -0.131. The summed E-state index contributed by atoms with van der Waals surface area (Å²) in [7, 11) is 1.95. The topological polar surface area (TPSA) is 74.3 Å².